The molecule has 1 unspecified atom stereocenters. The molecule has 0 aromatic heterocycles. The van der Waals surface area contributed by atoms with E-state index in [1.807, 2.05) is 0 Å². The highest BCUT2D eigenvalue weighted by Gasteiger charge is 2.17. The van der Waals surface area contributed by atoms with Crippen molar-refractivity contribution in [2.75, 3.05) is 13.7 Å². The molecule has 0 saturated carbocycles. The maximum Gasteiger partial charge on any atom is 0.132 e. The SMILES string of the molecule is COC(CN)c1c(F)cccc1F.Cl. The molecule has 0 aliphatic rings. The normalized spacial score (nSPS) is 12.0. The predicted octanol–water partition coefficient (Wildman–Crippen LogP) is 2.03. The van der Waals surface area contributed by atoms with E-state index < -0.39 is 17.7 Å². The molecule has 1 rings (SSSR count). The van der Waals surface area contributed by atoms with Gasteiger partial charge in [-0.15, -0.1) is 12.4 Å². The van der Waals surface area contributed by atoms with Gasteiger partial charge < -0.3 is 10.5 Å². The average molecular weight is 224 g/mol. The van der Waals surface area contributed by atoms with Gasteiger partial charge >= 0.3 is 0 Å². The van der Waals surface area contributed by atoms with E-state index in [0.29, 0.717) is 0 Å². The van der Waals surface area contributed by atoms with Gasteiger partial charge in [0.05, 0.1) is 11.7 Å². The monoisotopic (exact) mass is 223 g/mol. The molecule has 0 aliphatic carbocycles. The van der Waals surface area contributed by atoms with Crippen LogP contribution in [0.2, 0.25) is 0 Å². The predicted molar refractivity (Wildman–Crippen MR) is 52.4 cm³/mol. The van der Waals surface area contributed by atoms with Gasteiger partial charge in [0.2, 0.25) is 0 Å². The van der Waals surface area contributed by atoms with E-state index in [1.165, 1.54) is 25.3 Å². The van der Waals surface area contributed by atoms with Crippen molar-refractivity contribution in [2.45, 2.75) is 6.10 Å². The van der Waals surface area contributed by atoms with E-state index in [0.717, 1.165) is 0 Å². The van der Waals surface area contributed by atoms with Gasteiger partial charge in [-0.25, -0.2) is 8.78 Å². The zero-order valence-electron chi connectivity index (χ0n) is 7.67. The topological polar surface area (TPSA) is 35.2 Å². The van der Waals surface area contributed by atoms with Crippen molar-refractivity contribution in [1.29, 1.82) is 0 Å². The van der Waals surface area contributed by atoms with E-state index in [4.69, 9.17) is 10.5 Å². The molecule has 2 N–H and O–H groups in total. The van der Waals surface area contributed by atoms with Gasteiger partial charge in [0.25, 0.3) is 0 Å². The van der Waals surface area contributed by atoms with Gasteiger partial charge in [-0.05, 0) is 12.1 Å². The summed E-state index contributed by atoms with van der Waals surface area (Å²) >= 11 is 0. The minimum absolute atomic E-state index is 0. The van der Waals surface area contributed by atoms with E-state index in [1.54, 1.807) is 0 Å². The molecule has 1 aromatic carbocycles. The molecule has 0 fully saturated rings. The van der Waals surface area contributed by atoms with Crippen molar-refractivity contribution in [3.63, 3.8) is 0 Å². The molecule has 0 spiro atoms. The minimum atomic E-state index is -0.721. The fourth-order valence-corrected chi connectivity index (χ4v) is 1.15. The van der Waals surface area contributed by atoms with Crippen LogP contribution in [0.25, 0.3) is 0 Å². The Morgan fingerprint density at radius 1 is 1.36 bits per heavy atom. The molecule has 1 aromatic rings. The van der Waals surface area contributed by atoms with E-state index in [9.17, 15) is 8.78 Å². The molecule has 0 amide bonds. The fraction of sp³-hybridized carbons (Fsp3) is 0.333. The van der Waals surface area contributed by atoms with Crippen LogP contribution in [0.15, 0.2) is 18.2 Å². The van der Waals surface area contributed by atoms with Gasteiger partial charge in [-0.3, -0.25) is 0 Å². The summed E-state index contributed by atoms with van der Waals surface area (Å²) in [6.07, 6.45) is -0.721. The van der Waals surface area contributed by atoms with Gasteiger partial charge in [0.1, 0.15) is 11.6 Å². The van der Waals surface area contributed by atoms with Crippen LogP contribution in [0.3, 0.4) is 0 Å². The molecule has 5 heteroatoms. The first-order valence-electron chi connectivity index (χ1n) is 3.87. The lowest BCUT2D eigenvalue weighted by atomic mass is 10.1. The number of hydrogen-bond acceptors (Lipinski definition) is 2. The Balaban J connectivity index is 0.00000169. The first-order valence-corrected chi connectivity index (χ1v) is 3.87. The Morgan fingerprint density at radius 2 is 1.86 bits per heavy atom. The quantitative estimate of drug-likeness (QED) is 0.851. The van der Waals surface area contributed by atoms with Crippen molar-refractivity contribution in [3.05, 3.63) is 35.4 Å². The van der Waals surface area contributed by atoms with Crippen LogP contribution in [0.5, 0.6) is 0 Å². The number of halogens is 3. The number of hydrogen-bond donors (Lipinski definition) is 1. The molecule has 0 aliphatic heterocycles. The number of methoxy groups -OCH3 is 1. The third-order valence-corrected chi connectivity index (χ3v) is 1.82. The molecule has 0 heterocycles. The first-order chi connectivity index (χ1) is 6.20. The van der Waals surface area contributed by atoms with Gasteiger partial charge in [0.15, 0.2) is 0 Å². The Kier molecular flexibility index (Phi) is 5.60. The maximum atomic E-state index is 13.1. The van der Waals surface area contributed by atoms with E-state index >= 15 is 0 Å². The second-order valence-corrected chi connectivity index (χ2v) is 2.60. The Morgan fingerprint density at radius 3 is 2.21 bits per heavy atom. The Bertz CT molecular complexity index is 272. The number of ether oxygens (including phenoxy) is 1. The molecule has 1 atom stereocenters. The van der Waals surface area contributed by atoms with Gasteiger partial charge in [-0.1, -0.05) is 6.07 Å². The van der Waals surface area contributed by atoms with Crippen LogP contribution in [-0.2, 0) is 4.74 Å². The number of benzene rings is 1. The number of nitrogens with two attached hydrogens (primary N) is 1. The van der Waals surface area contributed by atoms with Crippen molar-refractivity contribution in [2.24, 2.45) is 5.73 Å². The van der Waals surface area contributed by atoms with Crippen LogP contribution in [0, 0.1) is 11.6 Å². The second-order valence-electron chi connectivity index (χ2n) is 2.60. The second kappa shape index (κ2) is 5.90. The fourth-order valence-electron chi connectivity index (χ4n) is 1.15. The zero-order valence-corrected chi connectivity index (χ0v) is 8.48. The van der Waals surface area contributed by atoms with Crippen molar-refractivity contribution in [3.8, 4) is 0 Å². The maximum absolute atomic E-state index is 13.1. The van der Waals surface area contributed by atoms with Crippen LogP contribution in [-0.4, -0.2) is 13.7 Å². The van der Waals surface area contributed by atoms with Crippen LogP contribution in [0.1, 0.15) is 11.7 Å². The molecular formula is C9H12ClF2NO. The molecule has 14 heavy (non-hydrogen) atoms. The third-order valence-electron chi connectivity index (χ3n) is 1.82. The van der Waals surface area contributed by atoms with Crippen LogP contribution in [0.4, 0.5) is 8.78 Å². The first kappa shape index (κ1) is 13.3. The summed E-state index contributed by atoms with van der Waals surface area (Å²) in [5.74, 6) is -1.25. The summed E-state index contributed by atoms with van der Waals surface area (Å²) in [5.41, 5.74) is 5.19. The molecule has 0 radical (unpaired) electrons. The zero-order chi connectivity index (χ0) is 9.84. The Labute approximate surface area is 87.5 Å². The summed E-state index contributed by atoms with van der Waals surface area (Å²) in [7, 11) is 1.36. The summed E-state index contributed by atoms with van der Waals surface area (Å²) < 4.78 is 31.0. The molecule has 0 bridgehead atoms. The molecular weight excluding hydrogens is 212 g/mol. The summed E-state index contributed by atoms with van der Waals surface area (Å²) in [5, 5.41) is 0. The summed E-state index contributed by atoms with van der Waals surface area (Å²) in [6.45, 7) is 0.0500. The molecule has 80 valence electrons. The highest BCUT2D eigenvalue weighted by atomic mass is 35.5. The van der Waals surface area contributed by atoms with E-state index in [-0.39, 0.29) is 24.5 Å². The van der Waals surface area contributed by atoms with Crippen LogP contribution < -0.4 is 5.73 Å². The third kappa shape index (κ3) is 2.64. The number of rotatable bonds is 3. The van der Waals surface area contributed by atoms with Gasteiger partial charge in [0, 0.05) is 13.7 Å². The molecule has 0 saturated heterocycles. The summed E-state index contributed by atoms with van der Waals surface area (Å²) in [4.78, 5) is 0. The average Bonchev–Trinajstić information content (AvgIpc) is 2.11. The van der Waals surface area contributed by atoms with Crippen molar-refractivity contribution in [1.82, 2.24) is 0 Å². The molecule has 2 nitrogen and oxygen atoms in total. The lowest BCUT2D eigenvalue weighted by Gasteiger charge is -2.14. The van der Waals surface area contributed by atoms with Crippen molar-refractivity contribution >= 4 is 12.4 Å². The lowest BCUT2D eigenvalue weighted by molar-refractivity contribution is 0.104. The van der Waals surface area contributed by atoms with E-state index in [2.05, 4.69) is 0 Å². The highest BCUT2D eigenvalue weighted by molar-refractivity contribution is 5.85. The van der Waals surface area contributed by atoms with Crippen molar-refractivity contribution < 1.29 is 13.5 Å². The summed E-state index contributed by atoms with van der Waals surface area (Å²) in [6, 6.07) is 3.66. The smallest absolute Gasteiger partial charge is 0.132 e. The largest absolute Gasteiger partial charge is 0.375 e. The van der Waals surface area contributed by atoms with Gasteiger partial charge in [-0.2, -0.15) is 0 Å². The Hall–Kier alpha value is -0.710. The standard InChI is InChI=1S/C9H11F2NO.ClH/c1-13-8(5-12)9-6(10)3-2-4-7(9)11;/h2-4,8H,5,12H2,1H3;1H. The highest BCUT2D eigenvalue weighted by Crippen LogP contribution is 2.21. The lowest BCUT2D eigenvalue weighted by Crippen LogP contribution is -2.17. The minimum Gasteiger partial charge on any atom is -0.375 e. The van der Waals surface area contributed by atoms with Crippen LogP contribution >= 0.6 is 12.4 Å².